The van der Waals surface area contributed by atoms with E-state index in [-0.39, 0.29) is 56.4 Å². The molecular weight excluding hydrogens is 365 g/mol. The number of hydrogen-bond acceptors (Lipinski definition) is 7. The van der Waals surface area contributed by atoms with Gasteiger partial charge in [-0.2, -0.15) is 0 Å². The first-order valence-electron chi connectivity index (χ1n) is 9.33. The number of phenols is 1. The summed E-state index contributed by atoms with van der Waals surface area (Å²) in [6.45, 7) is 0.654. The van der Waals surface area contributed by atoms with Crippen LogP contribution in [0.3, 0.4) is 0 Å². The minimum Gasteiger partial charge on any atom is -0.508 e. The number of phenolic OH excluding ortho intramolecular Hbond substituents is 1. The number of carbonyl (C=O) groups is 2. The highest BCUT2D eigenvalue weighted by molar-refractivity contribution is 6.40. The fraction of sp³-hybridized carbons (Fsp3) is 0.556. The molecule has 156 valence electrons. The summed E-state index contributed by atoms with van der Waals surface area (Å²) in [5.41, 5.74) is 12.5. The molecule has 10 heteroatoms. The lowest BCUT2D eigenvalue weighted by Gasteiger charge is -2.29. The molecule has 0 bridgehead atoms. The maximum absolute atomic E-state index is 12.8. The van der Waals surface area contributed by atoms with Gasteiger partial charge in [-0.05, 0) is 42.8 Å². The second kappa shape index (κ2) is 12.3. The van der Waals surface area contributed by atoms with E-state index in [1.807, 2.05) is 0 Å². The molecule has 0 aliphatic rings. The summed E-state index contributed by atoms with van der Waals surface area (Å²) < 4.78 is 0. The lowest BCUT2D eigenvalue weighted by Crippen LogP contribution is -2.48. The second-order valence-corrected chi connectivity index (χ2v) is 6.93. The Hall–Kier alpha value is -2.14. The summed E-state index contributed by atoms with van der Waals surface area (Å²) in [7, 11) is -1.44. The summed E-state index contributed by atoms with van der Waals surface area (Å²) in [5.74, 6) is -1.52. The van der Waals surface area contributed by atoms with Gasteiger partial charge in [-0.25, -0.2) is 0 Å². The molecule has 0 aliphatic heterocycles. The first-order chi connectivity index (χ1) is 13.2. The molecule has 0 aliphatic carbocycles. The van der Waals surface area contributed by atoms with Crippen LogP contribution in [0, 0.1) is 5.92 Å². The number of aliphatic carboxylic acids is 1. The summed E-state index contributed by atoms with van der Waals surface area (Å²) in [6, 6.07) is 5.58. The molecule has 1 amide bonds. The first kappa shape index (κ1) is 23.9. The number of aromatic hydroxyl groups is 1. The van der Waals surface area contributed by atoms with Crippen molar-refractivity contribution in [2.45, 2.75) is 38.0 Å². The van der Waals surface area contributed by atoms with E-state index in [1.54, 1.807) is 12.1 Å². The van der Waals surface area contributed by atoms with Crippen LogP contribution in [-0.4, -0.2) is 69.8 Å². The zero-order valence-electron chi connectivity index (χ0n) is 15.9. The highest BCUT2D eigenvalue weighted by Crippen LogP contribution is 2.17. The Morgan fingerprint density at radius 1 is 1.18 bits per heavy atom. The van der Waals surface area contributed by atoms with E-state index < -0.39 is 19.1 Å². The lowest BCUT2D eigenvalue weighted by atomic mass is 9.81. The molecule has 28 heavy (non-hydrogen) atoms. The summed E-state index contributed by atoms with van der Waals surface area (Å²) >= 11 is 0. The van der Waals surface area contributed by atoms with Crippen LogP contribution in [0.15, 0.2) is 24.3 Å². The maximum atomic E-state index is 12.8. The number of carboxylic acid groups (broad SMARTS) is 1. The molecule has 9 nitrogen and oxygen atoms in total. The van der Waals surface area contributed by atoms with Gasteiger partial charge in [-0.15, -0.1) is 0 Å². The molecule has 0 radical (unpaired) electrons. The molecule has 1 rings (SSSR count). The van der Waals surface area contributed by atoms with Crippen LogP contribution in [-0.2, 0) is 16.0 Å². The minimum atomic E-state index is -1.44. The molecule has 0 saturated carbocycles. The molecule has 0 spiro atoms. The van der Waals surface area contributed by atoms with E-state index in [0.29, 0.717) is 12.8 Å². The zero-order chi connectivity index (χ0) is 21.1. The molecule has 1 aromatic rings. The third-order valence-corrected chi connectivity index (χ3v) is 4.44. The molecule has 1 unspecified atom stereocenters. The van der Waals surface area contributed by atoms with Crippen LogP contribution in [0.2, 0.25) is 6.32 Å². The van der Waals surface area contributed by atoms with Crippen LogP contribution in [0.5, 0.6) is 5.75 Å². The predicted octanol–water partition coefficient (Wildman–Crippen LogP) is -0.607. The highest BCUT2D eigenvalue weighted by Gasteiger charge is 2.25. The van der Waals surface area contributed by atoms with Crippen molar-refractivity contribution in [3.05, 3.63) is 29.8 Å². The van der Waals surface area contributed by atoms with Gasteiger partial charge < -0.3 is 36.6 Å². The average molecular weight is 395 g/mol. The third kappa shape index (κ3) is 9.18. The maximum Gasteiger partial charge on any atom is 0.451 e. The molecule has 0 saturated heterocycles. The predicted molar refractivity (Wildman–Crippen MR) is 105 cm³/mol. The normalized spacial score (nSPS) is 13.0. The Morgan fingerprint density at radius 3 is 2.36 bits per heavy atom. The van der Waals surface area contributed by atoms with Gasteiger partial charge in [-0.1, -0.05) is 18.6 Å². The SMILES string of the molecule is NCCN(CC(CCCB(O)O)CC(=O)O)C(=O)[C@@H](N)Cc1ccc(O)cc1. The van der Waals surface area contributed by atoms with E-state index in [9.17, 15) is 14.7 Å². The molecule has 1 aromatic carbocycles. The Kier molecular flexibility index (Phi) is 10.5. The molecule has 2 atom stereocenters. The minimum absolute atomic E-state index is 0.123. The van der Waals surface area contributed by atoms with Gasteiger partial charge in [0.2, 0.25) is 5.91 Å². The number of amides is 1. The highest BCUT2D eigenvalue weighted by atomic mass is 16.4. The fourth-order valence-electron chi connectivity index (χ4n) is 3.06. The van der Waals surface area contributed by atoms with Gasteiger partial charge in [0.15, 0.2) is 0 Å². The van der Waals surface area contributed by atoms with Crippen molar-refractivity contribution >= 4 is 19.0 Å². The van der Waals surface area contributed by atoms with Crippen molar-refractivity contribution in [3.8, 4) is 5.75 Å². The second-order valence-electron chi connectivity index (χ2n) is 6.93. The zero-order valence-corrected chi connectivity index (χ0v) is 15.9. The number of carboxylic acids is 1. The molecule has 8 N–H and O–H groups in total. The number of nitrogens with two attached hydrogens (primary N) is 2. The number of rotatable bonds is 13. The lowest BCUT2D eigenvalue weighted by molar-refractivity contribution is -0.140. The number of hydrogen-bond donors (Lipinski definition) is 6. The fourth-order valence-corrected chi connectivity index (χ4v) is 3.06. The monoisotopic (exact) mass is 395 g/mol. The van der Waals surface area contributed by atoms with Gasteiger partial charge >= 0.3 is 13.1 Å². The summed E-state index contributed by atoms with van der Waals surface area (Å²) in [5, 5.41) is 36.4. The van der Waals surface area contributed by atoms with Crippen molar-refractivity contribution in [1.29, 1.82) is 0 Å². The van der Waals surface area contributed by atoms with Gasteiger partial charge in [0.1, 0.15) is 5.75 Å². The van der Waals surface area contributed by atoms with Crippen molar-refractivity contribution in [2.24, 2.45) is 17.4 Å². The first-order valence-corrected chi connectivity index (χ1v) is 9.33. The van der Waals surface area contributed by atoms with E-state index in [0.717, 1.165) is 5.56 Å². The van der Waals surface area contributed by atoms with Gasteiger partial charge in [0.25, 0.3) is 0 Å². The van der Waals surface area contributed by atoms with Gasteiger partial charge in [0.05, 0.1) is 6.04 Å². The van der Waals surface area contributed by atoms with Crippen LogP contribution in [0.1, 0.15) is 24.8 Å². The van der Waals surface area contributed by atoms with Crippen molar-refractivity contribution < 1.29 is 29.9 Å². The topological polar surface area (TPSA) is 170 Å². The summed E-state index contributed by atoms with van der Waals surface area (Å²) in [6.07, 6.45) is 1.15. The number of benzene rings is 1. The molecule has 0 aromatic heterocycles. The van der Waals surface area contributed by atoms with Crippen LogP contribution in [0.25, 0.3) is 0 Å². The van der Waals surface area contributed by atoms with Gasteiger partial charge in [-0.3, -0.25) is 9.59 Å². The average Bonchev–Trinajstić information content (AvgIpc) is 2.61. The number of nitrogens with zero attached hydrogens (tertiary/aromatic N) is 1. The largest absolute Gasteiger partial charge is 0.508 e. The molecule has 0 heterocycles. The third-order valence-electron chi connectivity index (χ3n) is 4.44. The van der Waals surface area contributed by atoms with Crippen LogP contribution in [0.4, 0.5) is 0 Å². The van der Waals surface area contributed by atoms with Crippen molar-refractivity contribution in [3.63, 3.8) is 0 Å². The van der Waals surface area contributed by atoms with Crippen molar-refractivity contribution in [2.75, 3.05) is 19.6 Å². The Morgan fingerprint density at radius 2 is 1.82 bits per heavy atom. The Balaban J connectivity index is 2.75. The molecule has 0 fully saturated rings. The molecular formula is C18H30BN3O6. The van der Waals surface area contributed by atoms with E-state index in [4.69, 9.17) is 26.6 Å². The van der Waals surface area contributed by atoms with Crippen molar-refractivity contribution in [1.82, 2.24) is 4.90 Å². The van der Waals surface area contributed by atoms with Crippen LogP contribution >= 0.6 is 0 Å². The van der Waals surface area contributed by atoms with E-state index in [1.165, 1.54) is 17.0 Å². The smallest absolute Gasteiger partial charge is 0.451 e. The standard InChI is InChI=1S/C18H30BN3O6/c20-8-9-22(12-14(11-17(24)25)2-1-7-19(27)28)18(26)16(21)10-13-3-5-15(23)6-4-13/h3-6,14,16,23,27-28H,1-2,7-12,20-21H2,(H,24,25)/t14?,16-/m0/s1. The summed E-state index contributed by atoms with van der Waals surface area (Å²) in [4.78, 5) is 25.4. The van der Waals surface area contributed by atoms with Gasteiger partial charge in [0, 0.05) is 26.1 Å². The van der Waals surface area contributed by atoms with Crippen LogP contribution < -0.4 is 11.5 Å². The quantitative estimate of drug-likeness (QED) is 0.240. The van der Waals surface area contributed by atoms with E-state index in [2.05, 4.69) is 0 Å². The Bertz CT molecular complexity index is 614. The Labute approximate surface area is 165 Å². The number of carbonyl (C=O) groups excluding carboxylic acids is 1. The van der Waals surface area contributed by atoms with E-state index >= 15 is 0 Å².